The number of amides is 1. The zero-order valence-corrected chi connectivity index (χ0v) is 22.0. The molecule has 6 heteroatoms. The van der Waals surface area contributed by atoms with E-state index < -0.39 is 12.0 Å². The van der Waals surface area contributed by atoms with Gasteiger partial charge in [-0.1, -0.05) is 82.0 Å². The van der Waals surface area contributed by atoms with E-state index in [9.17, 15) is 14.7 Å². The Balaban J connectivity index is 1.55. The highest BCUT2D eigenvalue weighted by molar-refractivity contribution is 6.31. The monoisotopic (exact) mass is 502 g/mol. The van der Waals surface area contributed by atoms with Crippen LogP contribution in [0.25, 0.3) is 10.9 Å². The molecule has 2 aromatic rings. The van der Waals surface area contributed by atoms with Crippen molar-refractivity contribution in [3.8, 4) is 0 Å². The van der Waals surface area contributed by atoms with Crippen molar-refractivity contribution >= 4 is 34.4 Å². The number of carbonyl (C=O) groups is 2. The lowest BCUT2D eigenvalue weighted by molar-refractivity contribution is -0.141. The Bertz CT molecular complexity index is 922. The third-order valence-corrected chi connectivity index (χ3v) is 6.69. The molecule has 0 spiro atoms. The molecular formula is C29H43ClN2O3. The molecule has 0 aliphatic rings. The van der Waals surface area contributed by atoms with Gasteiger partial charge in [0.15, 0.2) is 0 Å². The molecule has 1 unspecified atom stereocenters. The number of rotatable bonds is 19. The molecule has 5 nitrogen and oxygen atoms in total. The summed E-state index contributed by atoms with van der Waals surface area (Å²) in [6.07, 6.45) is 22.7. The van der Waals surface area contributed by atoms with Gasteiger partial charge in [-0.2, -0.15) is 0 Å². The summed E-state index contributed by atoms with van der Waals surface area (Å²) in [4.78, 5) is 27.2. The molecule has 194 valence electrons. The SMILES string of the molecule is CCCCCCCCC=CCCCCCCCC(=O)NC(Cc1c[nH]c2ccc(Cl)cc12)C(=O)O. The van der Waals surface area contributed by atoms with Crippen LogP contribution in [0.4, 0.5) is 0 Å². The summed E-state index contributed by atoms with van der Waals surface area (Å²) in [5, 5.41) is 13.8. The molecule has 0 bridgehead atoms. The first-order valence-corrected chi connectivity index (χ1v) is 13.8. The van der Waals surface area contributed by atoms with E-state index in [0.29, 0.717) is 11.4 Å². The first kappa shape index (κ1) is 29.0. The standard InChI is InChI=1S/C29H43ClN2O3/c1-2-3-4-5-6-7-8-9-10-11-12-13-14-15-16-17-28(33)32-27(29(34)35)20-23-22-31-26-19-18-24(30)21-25(23)26/h9-10,18-19,21-22,27,31H,2-8,11-17,20H2,1H3,(H,32,33)(H,34,35). The average Bonchev–Trinajstić information content (AvgIpc) is 3.22. The fourth-order valence-electron chi connectivity index (χ4n) is 4.36. The molecule has 0 saturated heterocycles. The van der Waals surface area contributed by atoms with E-state index in [0.717, 1.165) is 42.1 Å². The van der Waals surface area contributed by atoms with Crippen LogP contribution in [0.5, 0.6) is 0 Å². The summed E-state index contributed by atoms with van der Waals surface area (Å²) in [5.74, 6) is -1.23. The molecule has 1 aromatic carbocycles. The van der Waals surface area contributed by atoms with E-state index in [1.807, 2.05) is 12.1 Å². The van der Waals surface area contributed by atoms with Gasteiger partial charge in [-0.05, 0) is 55.9 Å². The molecule has 35 heavy (non-hydrogen) atoms. The van der Waals surface area contributed by atoms with Crippen molar-refractivity contribution < 1.29 is 14.7 Å². The molecule has 0 saturated carbocycles. The van der Waals surface area contributed by atoms with Crippen LogP contribution in [0.15, 0.2) is 36.5 Å². The lowest BCUT2D eigenvalue weighted by Gasteiger charge is -2.14. The lowest BCUT2D eigenvalue weighted by Crippen LogP contribution is -2.42. The Morgan fingerprint density at radius 2 is 1.60 bits per heavy atom. The number of aromatic amines is 1. The maximum Gasteiger partial charge on any atom is 0.326 e. The Morgan fingerprint density at radius 1 is 0.971 bits per heavy atom. The summed E-state index contributed by atoms with van der Waals surface area (Å²) < 4.78 is 0. The Kier molecular flexibility index (Phi) is 14.2. The van der Waals surface area contributed by atoms with Gasteiger partial charge in [-0.15, -0.1) is 0 Å². The Labute approximate surface area is 215 Å². The first-order chi connectivity index (χ1) is 17.0. The number of fused-ring (bicyclic) bond motifs is 1. The quantitative estimate of drug-likeness (QED) is 0.134. The number of unbranched alkanes of at least 4 members (excludes halogenated alkanes) is 11. The fourth-order valence-corrected chi connectivity index (χ4v) is 4.53. The van der Waals surface area contributed by atoms with E-state index >= 15 is 0 Å². The van der Waals surface area contributed by atoms with Crippen LogP contribution in [-0.4, -0.2) is 28.0 Å². The maximum absolute atomic E-state index is 12.3. The van der Waals surface area contributed by atoms with Gasteiger partial charge in [-0.25, -0.2) is 4.79 Å². The highest BCUT2D eigenvalue weighted by Crippen LogP contribution is 2.23. The summed E-state index contributed by atoms with van der Waals surface area (Å²) in [5.41, 5.74) is 1.73. The van der Waals surface area contributed by atoms with Crippen LogP contribution in [-0.2, 0) is 16.0 Å². The van der Waals surface area contributed by atoms with E-state index in [1.54, 1.807) is 12.3 Å². The number of aromatic nitrogens is 1. The highest BCUT2D eigenvalue weighted by atomic mass is 35.5. The average molecular weight is 503 g/mol. The van der Waals surface area contributed by atoms with Gasteiger partial charge in [0, 0.05) is 35.0 Å². The van der Waals surface area contributed by atoms with Crippen LogP contribution in [0, 0.1) is 0 Å². The normalized spacial score (nSPS) is 12.4. The van der Waals surface area contributed by atoms with Crippen molar-refractivity contribution in [3.63, 3.8) is 0 Å². The molecule has 0 aliphatic heterocycles. The minimum atomic E-state index is -1.03. The number of nitrogens with one attached hydrogen (secondary N) is 2. The first-order valence-electron chi connectivity index (χ1n) is 13.4. The molecule has 2 rings (SSSR count). The number of carboxylic acids is 1. The van der Waals surface area contributed by atoms with E-state index in [-0.39, 0.29) is 12.3 Å². The van der Waals surface area contributed by atoms with Gasteiger partial charge < -0.3 is 15.4 Å². The smallest absolute Gasteiger partial charge is 0.326 e. The zero-order chi connectivity index (χ0) is 25.3. The molecule has 0 radical (unpaired) electrons. The van der Waals surface area contributed by atoms with Gasteiger partial charge in [0.1, 0.15) is 6.04 Å². The number of benzene rings is 1. The van der Waals surface area contributed by atoms with Gasteiger partial charge in [0.05, 0.1) is 0 Å². The molecule has 3 N–H and O–H groups in total. The zero-order valence-electron chi connectivity index (χ0n) is 21.3. The number of allylic oxidation sites excluding steroid dienone is 2. The summed E-state index contributed by atoms with van der Waals surface area (Å²) in [6, 6.07) is 4.51. The maximum atomic E-state index is 12.3. The molecule has 0 aliphatic carbocycles. The minimum Gasteiger partial charge on any atom is -0.480 e. The largest absolute Gasteiger partial charge is 0.480 e. The van der Waals surface area contributed by atoms with Crippen molar-refractivity contribution in [1.29, 1.82) is 0 Å². The summed E-state index contributed by atoms with van der Waals surface area (Å²) in [6.45, 7) is 2.25. The van der Waals surface area contributed by atoms with Crippen molar-refractivity contribution in [2.45, 2.75) is 109 Å². The van der Waals surface area contributed by atoms with Crippen molar-refractivity contribution in [2.75, 3.05) is 0 Å². The Morgan fingerprint density at radius 3 is 2.26 bits per heavy atom. The number of aliphatic carboxylic acids is 1. The van der Waals surface area contributed by atoms with Gasteiger partial charge in [0.25, 0.3) is 0 Å². The van der Waals surface area contributed by atoms with Gasteiger partial charge in [0.2, 0.25) is 5.91 Å². The van der Waals surface area contributed by atoms with Crippen molar-refractivity contribution in [1.82, 2.24) is 10.3 Å². The predicted octanol–water partition coefficient (Wildman–Crippen LogP) is 7.97. The molecular weight excluding hydrogens is 460 g/mol. The molecule has 0 fully saturated rings. The van der Waals surface area contributed by atoms with E-state index in [2.05, 4.69) is 29.4 Å². The Hall–Kier alpha value is -2.27. The number of hydrogen-bond donors (Lipinski definition) is 3. The van der Waals surface area contributed by atoms with Crippen molar-refractivity contribution in [3.05, 3.63) is 47.1 Å². The second kappa shape index (κ2) is 17.2. The second-order valence-electron chi connectivity index (χ2n) is 9.50. The summed E-state index contributed by atoms with van der Waals surface area (Å²) in [7, 11) is 0. The predicted molar refractivity (Wildman–Crippen MR) is 146 cm³/mol. The number of carbonyl (C=O) groups excluding carboxylic acids is 1. The molecule has 1 amide bonds. The van der Waals surface area contributed by atoms with Gasteiger partial charge >= 0.3 is 5.97 Å². The topological polar surface area (TPSA) is 82.2 Å². The van der Waals surface area contributed by atoms with E-state index in [1.165, 1.54) is 57.8 Å². The highest BCUT2D eigenvalue weighted by Gasteiger charge is 2.21. The van der Waals surface area contributed by atoms with Crippen LogP contribution in [0.1, 0.15) is 102 Å². The third kappa shape index (κ3) is 11.8. The number of carboxylic acid groups (broad SMARTS) is 1. The number of hydrogen-bond acceptors (Lipinski definition) is 2. The number of halogens is 1. The van der Waals surface area contributed by atoms with Crippen LogP contribution in [0.2, 0.25) is 5.02 Å². The number of H-pyrrole nitrogens is 1. The van der Waals surface area contributed by atoms with Gasteiger partial charge in [-0.3, -0.25) is 4.79 Å². The van der Waals surface area contributed by atoms with Crippen LogP contribution < -0.4 is 5.32 Å². The van der Waals surface area contributed by atoms with Crippen molar-refractivity contribution in [2.24, 2.45) is 0 Å². The summed E-state index contributed by atoms with van der Waals surface area (Å²) >= 11 is 6.08. The fraction of sp³-hybridized carbons (Fsp3) is 0.586. The lowest BCUT2D eigenvalue weighted by atomic mass is 10.0. The second-order valence-corrected chi connectivity index (χ2v) is 9.94. The van der Waals surface area contributed by atoms with E-state index in [4.69, 9.17) is 11.6 Å². The molecule has 1 atom stereocenters. The molecule has 1 heterocycles. The van der Waals surface area contributed by atoms with Crippen LogP contribution in [0.3, 0.4) is 0 Å². The minimum absolute atomic E-state index is 0.201. The van der Waals surface area contributed by atoms with Crippen LogP contribution >= 0.6 is 11.6 Å². The third-order valence-electron chi connectivity index (χ3n) is 6.45. The molecule has 1 aromatic heterocycles.